The van der Waals surface area contributed by atoms with Crippen molar-refractivity contribution in [2.24, 2.45) is 5.73 Å². The number of alkyl halides is 3. The van der Waals surface area contributed by atoms with Crippen LogP contribution in [0.5, 0.6) is 0 Å². The van der Waals surface area contributed by atoms with Crippen LogP contribution >= 0.6 is 11.6 Å². The van der Waals surface area contributed by atoms with Crippen LogP contribution in [0, 0.1) is 6.92 Å². The molecule has 2 aromatic carbocycles. The predicted octanol–water partition coefficient (Wildman–Crippen LogP) is 4.02. The number of halogens is 4. The average Bonchev–Trinajstić information content (AvgIpc) is 2.48. The molecular weight excluding hydrogens is 345 g/mol. The number of nitrogens with two attached hydrogens (primary N) is 1. The van der Waals surface area contributed by atoms with Gasteiger partial charge in [-0.3, -0.25) is 9.59 Å². The summed E-state index contributed by atoms with van der Waals surface area (Å²) < 4.78 is 38.3. The molecule has 0 atom stereocenters. The Morgan fingerprint density at radius 1 is 1.12 bits per heavy atom. The SMILES string of the molecule is Cc1ccc(C(N)=O)cc1NC(=O)c1cc(C(F)(F)F)ccc1Cl. The van der Waals surface area contributed by atoms with Crippen molar-refractivity contribution in [3.8, 4) is 0 Å². The summed E-state index contributed by atoms with van der Waals surface area (Å²) in [7, 11) is 0. The summed E-state index contributed by atoms with van der Waals surface area (Å²) in [5, 5.41) is 2.32. The van der Waals surface area contributed by atoms with Gasteiger partial charge in [0.05, 0.1) is 16.1 Å². The quantitative estimate of drug-likeness (QED) is 0.871. The molecule has 126 valence electrons. The number of benzene rings is 2. The summed E-state index contributed by atoms with van der Waals surface area (Å²) in [5.74, 6) is -1.52. The molecular formula is C16H12ClF3N2O2. The third kappa shape index (κ3) is 3.86. The van der Waals surface area contributed by atoms with E-state index in [9.17, 15) is 22.8 Å². The minimum atomic E-state index is -4.60. The lowest BCUT2D eigenvalue weighted by Crippen LogP contribution is -2.17. The van der Waals surface area contributed by atoms with Gasteiger partial charge in [0.15, 0.2) is 0 Å². The van der Waals surface area contributed by atoms with Gasteiger partial charge in [-0.15, -0.1) is 0 Å². The molecule has 0 aromatic heterocycles. The van der Waals surface area contributed by atoms with Gasteiger partial charge in [0.25, 0.3) is 5.91 Å². The van der Waals surface area contributed by atoms with E-state index >= 15 is 0 Å². The third-order valence-corrected chi connectivity index (χ3v) is 3.64. The van der Waals surface area contributed by atoms with Gasteiger partial charge in [-0.25, -0.2) is 0 Å². The van der Waals surface area contributed by atoms with Crippen LogP contribution in [0.2, 0.25) is 5.02 Å². The number of carbonyl (C=O) groups excluding carboxylic acids is 2. The van der Waals surface area contributed by atoms with Crippen LogP contribution in [0.4, 0.5) is 18.9 Å². The van der Waals surface area contributed by atoms with Gasteiger partial charge in [-0.1, -0.05) is 17.7 Å². The van der Waals surface area contributed by atoms with Crippen LogP contribution in [0.25, 0.3) is 0 Å². The molecule has 0 unspecified atom stereocenters. The molecule has 4 nitrogen and oxygen atoms in total. The van der Waals surface area contributed by atoms with Gasteiger partial charge in [-0.05, 0) is 42.8 Å². The first-order valence-corrected chi connectivity index (χ1v) is 7.06. The van der Waals surface area contributed by atoms with Gasteiger partial charge in [-0.2, -0.15) is 13.2 Å². The molecule has 2 rings (SSSR count). The van der Waals surface area contributed by atoms with Crippen LogP contribution in [-0.4, -0.2) is 11.8 Å². The smallest absolute Gasteiger partial charge is 0.366 e. The van der Waals surface area contributed by atoms with E-state index in [4.69, 9.17) is 17.3 Å². The van der Waals surface area contributed by atoms with Crippen molar-refractivity contribution in [1.82, 2.24) is 0 Å². The van der Waals surface area contributed by atoms with Crippen molar-refractivity contribution in [2.75, 3.05) is 5.32 Å². The van der Waals surface area contributed by atoms with E-state index in [2.05, 4.69) is 5.32 Å². The summed E-state index contributed by atoms with van der Waals surface area (Å²) in [6.45, 7) is 1.66. The van der Waals surface area contributed by atoms with E-state index in [1.165, 1.54) is 12.1 Å². The average molecular weight is 357 g/mol. The molecule has 8 heteroatoms. The van der Waals surface area contributed by atoms with Crippen LogP contribution in [0.1, 0.15) is 31.8 Å². The first-order chi connectivity index (χ1) is 11.1. The third-order valence-electron chi connectivity index (χ3n) is 3.31. The Bertz CT molecular complexity index is 819. The van der Waals surface area contributed by atoms with E-state index in [0.29, 0.717) is 11.6 Å². The summed E-state index contributed by atoms with van der Waals surface area (Å²) in [6, 6.07) is 6.85. The minimum Gasteiger partial charge on any atom is -0.366 e. The second-order valence-corrected chi connectivity index (χ2v) is 5.45. The van der Waals surface area contributed by atoms with Crippen molar-refractivity contribution in [3.63, 3.8) is 0 Å². The predicted molar refractivity (Wildman–Crippen MR) is 84.1 cm³/mol. The lowest BCUT2D eigenvalue weighted by Gasteiger charge is -2.12. The van der Waals surface area contributed by atoms with Gasteiger partial charge in [0.1, 0.15) is 0 Å². The Hall–Kier alpha value is -2.54. The Balaban J connectivity index is 2.37. The molecule has 0 spiro atoms. The fraction of sp³-hybridized carbons (Fsp3) is 0.125. The lowest BCUT2D eigenvalue weighted by atomic mass is 10.1. The van der Waals surface area contributed by atoms with Crippen molar-refractivity contribution < 1.29 is 22.8 Å². The molecule has 0 saturated carbocycles. The normalized spacial score (nSPS) is 11.2. The number of hydrogen-bond acceptors (Lipinski definition) is 2. The van der Waals surface area contributed by atoms with Gasteiger partial charge in [0.2, 0.25) is 5.91 Å². The van der Waals surface area contributed by atoms with Crippen LogP contribution in [-0.2, 0) is 6.18 Å². The van der Waals surface area contributed by atoms with Crippen LogP contribution < -0.4 is 11.1 Å². The van der Waals surface area contributed by atoms with Gasteiger partial charge < -0.3 is 11.1 Å². The topological polar surface area (TPSA) is 72.2 Å². The van der Waals surface area contributed by atoms with E-state index in [-0.39, 0.29) is 21.8 Å². The molecule has 3 N–H and O–H groups in total. The number of carbonyl (C=O) groups is 2. The maximum atomic E-state index is 12.8. The number of aryl methyl sites for hydroxylation is 1. The summed E-state index contributed by atoms with van der Waals surface area (Å²) in [4.78, 5) is 23.5. The van der Waals surface area contributed by atoms with E-state index < -0.39 is 23.6 Å². The summed E-state index contributed by atoms with van der Waals surface area (Å²) in [6.07, 6.45) is -4.60. The van der Waals surface area contributed by atoms with E-state index in [1.54, 1.807) is 13.0 Å². The first kappa shape index (κ1) is 17.8. The number of nitrogens with one attached hydrogen (secondary N) is 1. The molecule has 0 aliphatic heterocycles. The fourth-order valence-electron chi connectivity index (χ4n) is 1.98. The highest BCUT2D eigenvalue weighted by Gasteiger charge is 2.31. The molecule has 0 radical (unpaired) electrons. The molecule has 2 aromatic rings. The first-order valence-electron chi connectivity index (χ1n) is 6.68. The monoisotopic (exact) mass is 356 g/mol. The number of rotatable bonds is 3. The highest BCUT2D eigenvalue weighted by Crippen LogP contribution is 2.32. The molecule has 24 heavy (non-hydrogen) atoms. The zero-order valence-corrected chi connectivity index (χ0v) is 13.1. The fourth-order valence-corrected chi connectivity index (χ4v) is 2.18. The molecule has 0 fully saturated rings. The Morgan fingerprint density at radius 2 is 1.79 bits per heavy atom. The second kappa shape index (κ2) is 6.52. The number of anilines is 1. The van der Waals surface area contributed by atoms with Crippen molar-refractivity contribution >= 4 is 29.1 Å². The minimum absolute atomic E-state index is 0.121. The summed E-state index contributed by atoms with van der Waals surface area (Å²) in [5.41, 5.74) is 4.88. The second-order valence-electron chi connectivity index (χ2n) is 5.04. The molecule has 0 bridgehead atoms. The van der Waals surface area contributed by atoms with Crippen molar-refractivity contribution in [3.05, 3.63) is 63.7 Å². The number of primary amides is 1. The highest BCUT2D eigenvalue weighted by molar-refractivity contribution is 6.34. The highest BCUT2D eigenvalue weighted by atomic mass is 35.5. The number of hydrogen-bond donors (Lipinski definition) is 2. The Morgan fingerprint density at radius 3 is 2.38 bits per heavy atom. The molecule has 2 amide bonds. The van der Waals surface area contributed by atoms with Gasteiger partial charge in [0, 0.05) is 11.3 Å². The van der Waals surface area contributed by atoms with E-state index in [1.807, 2.05) is 0 Å². The Kier molecular flexibility index (Phi) is 4.84. The van der Waals surface area contributed by atoms with Crippen LogP contribution in [0.15, 0.2) is 36.4 Å². The number of amides is 2. The summed E-state index contributed by atoms with van der Waals surface area (Å²) >= 11 is 5.83. The van der Waals surface area contributed by atoms with Crippen molar-refractivity contribution in [1.29, 1.82) is 0 Å². The molecule has 0 saturated heterocycles. The van der Waals surface area contributed by atoms with Gasteiger partial charge >= 0.3 is 6.18 Å². The molecule has 0 aliphatic rings. The lowest BCUT2D eigenvalue weighted by molar-refractivity contribution is -0.137. The molecule has 0 heterocycles. The Labute approximate surface area is 140 Å². The van der Waals surface area contributed by atoms with Crippen LogP contribution in [0.3, 0.4) is 0 Å². The standard InChI is InChI=1S/C16H12ClF3N2O2/c1-8-2-3-9(14(21)23)6-13(8)22-15(24)11-7-10(16(18,19)20)4-5-12(11)17/h2-7H,1H3,(H2,21,23)(H,22,24). The zero-order chi connectivity index (χ0) is 18.1. The molecule has 0 aliphatic carbocycles. The maximum absolute atomic E-state index is 12.8. The zero-order valence-electron chi connectivity index (χ0n) is 12.4. The largest absolute Gasteiger partial charge is 0.416 e. The van der Waals surface area contributed by atoms with E-state index in [0.717, 1.165) is 12.1 Å². The maximum Gasteiger partial charge on any atom is 0.416 e. The van der Waals surface area contributed by atoms with Crippen molar-refractivity contribution in [2.45, 2.75) is 13.1 Å².